The average molecular weight is 251 g/mol. The third-order valence-electron chi connectivity index (χ3n) is 3.08. The molecule has 0 N–H and O–H groups in total. The van der Waals surface area contributed by atoms with Gasteiger partial charge in [-0.05, 0) is 25.6 Å². The molecule has 1 aromatic rings. The van der Waals surface area contributed by atoms with Crippen molar-refractivity contribution in [3.05, 3.63) is 35.9 Å². The summed E-state index contributed by atoms with van der Waals surface area (Å²) in [6, 6.07) is 10.3. The zero-order chi connectivity index (χ0) is 13.4. The summed E-state index contributed by atoms with van der Waals surface area (Å²) >= 11 is 0. The second-order valence-electron chi connectivity index (χ2n) is 4.94. The predicted octanol–water partition coefficient (Wildman–Crippen LogP) is 3.28. The molecule has 3 heteroatoms. The first-order chi connectivity index (χ1) is 8.65. The molecule has 0 aromatic heterocycles. The Morgan fingerprint density at radius 1 is 1.17 bits per heavy atom. The van der Waals surface area contributed by atoms with Crippen LogP contribution in [0.4, 0.5) is 0 Å². The highest BCUT2D eigenvalue weighted by atomic mass is 17.2. The van der Waals surface area contributed by atoms with Crippen molar-refractivity contribution < 1.29 is 9.78 Å². The molecule has 0 aliphatic heterocycles. The summed E-state index contributed by atoms with van der Waals surface area (Å²) in [7, 11) is 4.04. The van der Waals surface area contributed by atoms with Gasteiger partial charge in [0, 0.05) is 6.54 Å². The second-order valence-corrected chi connectivity index (χ2v) is 4.94. The summed E-state index contributed by atoms with van der Waals surface area (Å²) in [5, 5.41) is 0. The van der Waals surface area contributed by atoms with E-state index in [2.05, 4.69) is 30.9 Å². The van der Waals surface area contributed by atoms with Crippen molar-refractivity contribution in [1.82, 2.24) is 4.90 Å². The van der Waals surface area contributed by atoms with Crippen LogP contribution in [0.25, 0.3) is 0 Å². The lowest BCUT2D eigenvalue weighted by Crippen LogP contribution is -2.20. The van der Waals surface area contributed by atoms with Crippen molar-refractivity contribution in [2.45, 2.75) is 26.4 Å². The smallest absolute Gasteiger partial charge is 0.120 e. The largest absolute Gasteiger partial charge is 0.307 e. The molecule has 0 aliphatic carbocycles. The van der Waals surface area contributed by atoms with Gasteiger partial charge in [-0.25, -0.2) is 9.78 Å². The molecule has 3 nitrogen and oxygen atoms in total. The van der Waals surface area contributed by atoms with Gasteiger partial charge in [0.2, 0.25) is 0 Å². The van der Waals surface area contributed by atoms with E-state index in [-0.39, 0.29) is 6.10 Å². The molecule has 0 saturated carbocycles. The summed E-state index contributed by atoms with van der Waals surface area (Å²) in [5.41, 5.74) is 1.18. The van der Waals surface area contributed by atoms with Crippen molar-refractivity contribution >= 4 is 0 Å². The van der Waals surface area contributed by atoms with Gasteiger partial charge in [-0.1, -0.05) is 50.6 Å². The van der Waals surface area contributed by atoms with Crippen LogP contribution < -0.4 is 0 Å². The number of likely N-dealkylation sites (N-methyl/N-ethyl adjacent to an activating group) is 1. The van der Waals surface area contributed by atoms with Crippen molar-refractivity contribution in [1.29, 1.82) is 0 Å². The third kappa shape index (κ3) is 5.17. The molecule has 102 valence electrons. The van der Waals surface area contributed by atoms with E-state index in [9.17, 15) is 0 Å². The highest BCUT2D eigenvalue weighted by Crippen LogP contribution is 2.28. The number of hydrogen-bond donors (Lipinski definition) is 0. The number of rotatable bonds is 8. The lowest BCUT2D eigenvalue weighted by Gasteiger charge is -2.22. The fraction of sp³-hybridized carbons (Fsp3) is 0.600. The molecular formula is C15H25NO2. The Labute approximate surface area is 111 Å². The van der Waals surface area contributed by atoms with Gasteiger partial charge in [0.1, 0.15) is 6.10 Å². The molecule has 2 unspecified atom stereocenters. The zero-order valence-corrected chi connectivity index (χ0v) is 11.9. The fourth-order valence-corrected chi connectivity index (χ4v) is 1.68. The van der Waals surface area contributed by atoms with Gasteiger partial charge in [0.15, 0.2) is 0 Å². The molecule has 0 saturated heterocycles. The maximum absolute atomic E-state index is 5.60. The zero-order valence-electron chi connectivity index (χ0n) is 11.9. The molecular weight excluding hydrogens is 226 g/mol. The van der Waals surface area contributed by atoms with Crippen LogP contribution in [-0.2, 0) is 9.78 Å². The van der Waals surface area contributed by atoms with Crippen molar-refractivity contribution in [2.75, 3.05) is 27.2 Å². The van der Waals surface area contributed by atoms with Gasteiger partial charge in [-0.15, -0.1) is 0 Å². The van der Waals surface area contributed by atoms with Crippen LogP contribution in [0.2, 0.25) is 0 Å². The summed E-state index contributed by atoms with van der Waals surface area (Å²) < 4.78 is 0. The highest BCUT2D eigenvalue weighted by Gasteiger charge is 2.19. The summed E-state index contributed by atoms with van der Waals surface area (Å²) in [4.78, 5) is 13.0. The predicted molar refractivity (Wildman–Crippen MR) is 74.2 cm³/mol. The Morgan fingerprint density at radius 2 is 1.83 bits per heavy atom. The van der Waals surface area contributed by atoms with Gasteiger partial charge >= 0.3 is 0 Å². The molecule has 18 heavy (non-hydrogen) atoms. The van der Waals surface area contributed by atoms with E-state index >= 15 is 0 Å². The van der Waals surface area contributed by atoms with E-state index in [1.807, 2.05) is 32.3 Å². The summed E-state index contributed by atoms with van der Waals surface area (Å²) in [6.45, 7) is 5.81. The Morgan fingerprint density at radius 3 is 2.39 bits per heavy atom. The van der Waals surface area contributed by atoms with E-state index in [4.69, 9.17) is 9.78 Å². The van der Waals surface area contributed by atoms with E-state index in [1.54, 1.807) is 0 Å². The molecule has 0 spiro atoms. The van der Waals surface area contributed by atoms with Crippen LogP contribution in [0.5, 0.6) is 0 Å². The van der Waals surface area contributed by atoms with Crippen molar-refractivity contribution in [3.63, 3.8) is 0 Å². The molecule has 1 rings (SSSR count). The minimum Gasteiger partial charge on any atom is -0.307 e. The quantitative estimate of drug-likeness (QED) is 0.402. The first kappa shape index (κ1) is 15.2. The van der Waals surface area contributed by atoms with Gasteiger partial charge < -0.3 is 4.90 Å². The third-order valence-corrected chi connectivity index (χ3v) is 3.08. The summed E-state index contributed by atoms with van der Waals surface area (Å²) in [6.07, 6.45) is 1.08. The molecule has 0 radical (unpaired) electrons. The van der Waals surface area contributed by atoms with Crippen LogP contribution in [0.15, 0.2) is 30.3 Å². The maximum atomic E-state index is 5.60. The van der Waals surface area contributed by atoms with Crippen LogP contribution >= 0.6 is 0 Å². The van der Waals surface area contributed by atoms with Gasteiger partial charge in [0.05, 0.1) is 6.61 Å². The Hall–Kier alpha value is -0.900. The first-order valence-electron chi connectivity index (χ1n) is 6.63. The van der Waals surface area contributed by atoms with E-state index in [0.717, 1.165) is 13.0 Å². The molecule has 2 atom stereocenters. The van der Waals surface area contributed by atoms with Crippen molar-refractivity contribution in [3.8, 4) is 0 Å². The van der Waals surface area contributed by atoms with Gasteiger partial charge in [-0.3, -0.25) is 0 Å². The molecule has 0 heterocycles. The van der Waals surface area contributed by atoms with Crippen LogP contribution in [0.1, 0.15) is 31.9 Å². The normalized spacial score (nSPS) is 14.7. The minimum atomic E-state index is 0.0124. The van der Waals surface area contributed by atoms with Crippen molar-refractivity contribution in [2.24, 2.45) is 5.92 Å². The van der Waals surface area contributed by atoms with Crippen LogP contribution in [0, 0.1) is 5.92 Å². The van der Waals surface area contributed by atoms with E-state index in [1.165, 1.54) is 5.56 Å². The molecule has 0 aliphatic rings. The second kappa shape index (κ2) is 8.25. The number of nitrogens with zero attached hydrogens (tertiary/aromatic N) is 1. The summed E-state index contributed by atoms with van der Waals surface area (Å²) in [5.74, 6) is 0.437. The maximum Gasteiger partial charge on any atom is 0.120 e. The lowest BCUT2D eigenvalue weighted by molar-refractivity contribution is -0.336. The Balaban J connectivity index is 2.52. The number of hydrogen-bond acceptors (Lipinski definition) is 3. The van der Waals surface area contributed by atoms with Crippen LogP contribution in [0.3, 0.4) is 0 Å². The monoisotopic (exact) mass is 251 g/mol. The fourth-order valence-electron chi connectivity index (χ4n) is 1.68. The van der Waals surface area contributed by atoms with Crippen LogP contribution in [-0.4, -0.2) is 32.1 Å². The van der Waals surface area contributed by atoms with E-state index < -0.39 is 0 Å². The van der Waals surface area contributed by atoms with Gasteiger partial charge in [0.25, 0.3) is 0 Å². The Bertz CT molecular complexity index is 314. The Kier molecular flexibility index (Phi) is 6.94. The van der Waals surface area contributed by atoms with Gasteiger partial charge in [-0.2, -0.15) is 0 Å². The number of benzene rings is 1. The average Bonchev–Trinajstić information content (AvgIpc) is 2.38. The molecule has 0 bridgehead atoms. The molecule has 1 aromatic carbocycles. The molecule has 0 fully saturated rings. The standard InChI is InChI=1S/C15H25NO2/c1-5-13(2)15(14-9-7-6-8-10-14)18-17-12-11-16(3)4/h6-10,13,15H,5,11-12H2,1-4H3. The first-order valence-corrected chi connectivity index (χ1v) is 6.63. The highest BCUT2D eigenvalue weighted by molar-refractivity contribution is 5.17. The minimum absolute atomic E-state index is 0.0124. The SMILES string of the molecule is CCC(C)C(OOCCN(C)C)c1ccccc1. The topological polar surface area (TPSA) is 21.7 Å². The molecule has 0 amide bonds. The lowest BCUT2D eigenvalue weighted by atomic mass is 9.95. The van der Waals surface area contributed by atoms with E-state index in [0.29, 0.717) is 12.5 Å².